The Balaban J connectivity index is 2.11. The van der Waals surface area contributed by atoms with Crippen LogP contribution >= 0.6 is 15.9 Å². The van der Waals surface area contributed by atoms with Crippen molar-refractivity contribution in [1.29, 1.82) is 5.26 Å². The van der Waals surface area contributed by atoms with Crippen LogP contribution in [0.15, 0.2) is 53.0 Å². The van der Waals surface area contributed by atoms with E-state index in [0.717, 1.165) is 21.3 Å². The maximum absolute atomic E-state index is 8.71. The van der Waals surface area contributed by atoms with Gasteiger partial charge in [-0.2, -0.15) is 5.26 Å². The predicted octanol–water partition coefficient (Wildman–Crippen LogP) is 4.48. The monoisotopic (exact) mass is 315 g/mol. The van der Waals surface area contributed by atoms with E-state index in [-0.39, 0.29) is 0 Å². The zero-order valence-electron chi connectivity index (χ0n) is 10.5. The van der Waals surface area contributed by atoms with E-state index >= 15 is 0 Å². The van der Waals surface area contributed by atoms with Crippen LogP contribution in [0.3, 0.4) is 0 Å². The highest BCUT2D eigenvalue weighted by Crippen LogP contribution is 2.28. The Hall–Kier alpha value is -1.79. The largest absolute Gasteiger partial charge is 0.489 e. The van der Waals surface area contributed by atoms with Gasteiger partial charge in [-0.1, -0.05) is 52.3 Å². The quantitative estimate of drug-likeness (QED) is 0.814. The Morgan fingerprint density at radius 3 is 2.58 bits per heavy atom. The highest BCUT2D eigenvalue weighted by atomic mass is 79.9. The highest BCUT2D eigenvalue weighted by molar-refractivity contribution is 9.10. The zero-order chi connectivity index (χ0) is 13.5. The van der Waals surface area contributed by atoms with E-state index < -0.39 is 0 Å². The first-order chi connectivity index (χ1) is 9.31. The fourth-order valence-corrected chi connectivity index (χ4v) is 2.38. The van der Waals surface area contributed by atoms with Crippen molar-refractivity contribution in [3.63, 3.8) is 0 Å². The van der Waals surface area contributed by atoms with E-state index in [0.29, 0.717) is 19.4 Å². The molecule has 0 aromatic heterocycles. The first-order valence-electron chi connectivity index (χ1n) is 6.12. The van der Waals surface area contributed by atoms with Crippen molar-refractivity contribution in [1.82, 2.24) is 0 Å². The molecular weight excluding hydrogens is 302 g/mol. The standard InChI is InChI=1S/C16H14BrNO/c17-15-9-4-10-16(14(15)8-5-11-18)19-12-13-6-2-1-3-7-13/h1-4,6-7,9-10H,5,8,12H2. The van der Waals surface area contributed by atoms with Gasteiger partial charge in [0, 0.05) is 16.5 Å². The van der Waals surface area contributed by atoms with Gasteiger partial charge in [-0.25, -0.2) is 0 Å². The second kappa shape index (κ2) is 6.96. The van der Waals surface area contributed by atoms with Crippen LogP contribution in [0, 0.1) is 11.3 Å². The lowest BCUT2D eigenvalue weighted by Crippen LogP contribution is -1.99. The van der Waals surface area contributed by atoms with Crippen molar-refractivity contribution in [2.75, 3.05) is 0 Å². The van der Waals surface area contributed by atoms with Crippen LogP contribution in [0.25, 0.3) is 0 Å². The zero-order valence-corrected chi connectivity index (χ0v) is 12.1. The van der Waals surface area contributed by atoms with Crippen LogP contribution < -0.4 is 4.74 Å². The summed E-state index contributed by atoms with van der Waals surface area (Å²) in [5.74, 6) is 0.841. The molecule has 0 saturated carbocycles. The molecule has 96 valence electrons. The summed E-state index contributed by atoms with van der Waals surface area (Å²) in [5, 5.41) is 8.71. The summed E-state index contributed by atoms with van der Waals surface area (Å²) in [6, 6.07) is 18.1. The lowest BCUT2D eigenvalue weighted by molar-refractivity contribution is 0.302. The molecule has 0 heterocycles. The Morgan fingerprint density at radius 2 is 1.84 bits per heavy atom. The van der Waals surface area contributed by atoms with Gasteiger partial charge in [0.15, 0.2) is 0 Å². The van der Waals surface area contributed by atoms with Crippen molar-refractivity contribution in [3.05, 3.63) is 64.1 Å². The van der Waals surface area contributed by atoms with Gasteiger partial charge in [0.05, 0.1) is 6.07 Å². The molecule has 0 amide bonds. The van der Waals surface area contributed by atoms with Gasteiger partial charge in [-0.3, -0.25) is 0 Å². The van der Waals surface area contributed by atoms with E-state index in [1.807, 2.05) is 48.5 Å². The van der Waals surface area contributed by atoms with Gasteiger partial charge in [-0.05, 0) is 24.1 Å². The molecule has 0 bridgehead atoms. The second-order valence-corrected chi connectivity index (χ2v) is 5.00. The van der Waals surface area contributed by atoms with E-state index in [2.05, 4.69) is 22.0 Å². The van der Waals surface area contributed by atoms with Gasteiger partial charge in [-0.15, -0.1) is 0 Å². The minimum Gasteiger partial charge on any atom is -0.489 e. The van der Waals surface area contributed by atoms with Crippen LogP contribution in [0.1, 0.15) is 17.5 Å². The summed E-state index contributed by atoms with van der Waals surface area (Å²) < 4.78 is 6.86. The SMILES string of the molecule is N#CCCc1c(Br)cccc1OCc1ccccc1. The average molecular weight is 316 g/mol. The predicted molar refractivity (Wildman–Crippen MR) is 78.9 cm³/mol. The number of rotatable bonds is 5. The maximum Gasteiger partial charge on any atom is 0.124 e. The fourth-order valence-electron chi connectivity index (χ4n) is 1.83. The first kappa shape index (κ1) is 13.6. The van der Waals surface area contributed by atoms with Crippen molar-refractivity contribution in [3.8, 4) is 11.8 Å². The van der Waals surface area contributed by atoms with Gasteiger partial charge in [0.25, 0.3) is 0 Å². The number of ether oxygens (including phenoxy) is 1. The van der Waals surface area contributed by atoms with Gasteiger partial charge >= 0.3 is 0 Å². The molecule has 0 N–H and O–H groups in total. The number of hydrogen-bond donors (Lipinski definition) is 0. The third-order valence-electron chi connectivity index (χ3n) is 2.80. The molecule has 2 rings (SSSR count). The Kier molecular flexibility index (Phi) is 5.00. The molecule has 0 radical (unpaired) electrons. The molecule has 0 aliphatic rings. The minimum atomic E-state index is 0.490. The molecule has 2 aromatic rings. The van der Waals surface area contributed by atoms with Gasteiger partial charge in [0.2, 0.25) is 0 Å². The lowest BCUT2D eigenvalue weighted by Gasteiger charge is -2.12. The fraction of sp³-hybridized carbons (Fsp3) is 0.188. The molecule has 0 atom stereocenters. The third kappa shape index (κ3) is 3.84. The second-order valence-electron chi connectivity index (χ2n) is 4.15. The first-order valence-corrected chi connectivity index (χ1v) is 6.91. The Labute approximate surface area is 121 Å². The summed E-state index contributed by atoms with van der Waals surface area (Å²) in [4.78, 5) is 0. The van der Waals surface area contributed by atoms with Crippen LogP contribution in [0.5, 0.6) is 5.75 Å². The summed E-state index contributed by atoms with van der Waals surface area (Å²) in [5.41, 5.74) is 2.19. The highest BCUT2D eigenvalue weighted by Gasteiger charge is 2.07. The molecular formula is C16H14BrNO. The van der Waals surface area contributed by atoms with Gasteiger partial charge < -0.3 is 4.74 Å². The molecule has 19 heavy (non-hydrogen) atoms. The Morgan fingerprint density at radius 1 is 1.05 bits per heavy atom. The van der Waals surface area contributed by atoms with E-state index in [1.54, 1.807) is 0 Å². The van der Waals surface area contributed by atoms with E-state index in [4.69, 9.17) is 10.00 Å². The summed E-state index contributed by atoms with van der Waals surface area (Å²) in [7, 11) is 0. The van der Waals surface area contributed by atoms with Crippen LogP contribution in [0.4, 0.5) is 0 Å². The Bertz CT molecular complexity index is 575. The minimum absolute atomic E-state index is 0.490. The average Bonchev–Trinajstić information content (AvgIpc) is 2.45. The maximum atomic E-state index is 8.71. The number of hydrogen-bond acceptors (Lipinski definition) is 2. The number of nitriles is 1. The molecule has 2 nitrogen and oxygen atoms in total. The van der Waals surface area contributed by atoms with Crippen molar-refractivity contribution >= 4 is 15.9 Å². The molecule has 0 aliphatic heterocycles. The molecule has 2 aromatic carbocycles. The van der Waals surface area contributed by atoms with Crippen LogP contribution in [0.2, 0.25) is 0 Å². The van der Waals surface area contributed by atoms with Crippen molar-refractivity contribution < 1.29 is 4.74 Å². The normalized spacial score (nSPS) is 9.89. The number of benzene rings is 2. The molecule has 0 unspecified atom stereocenters. The van der Waals surface area contributed by atoms with Crippen LogP contribution in [-0.4, -0.2) is 0 Å². The number of halogens is 1. The van der Waals surface area contributed by atoms with Crippen molar-refractivity contribution in [2.45, 2.75) is 19.4 Å². The molecule has 0 aliphatic carbocycles. The molecule has 0 spiro atoms. The molecule has 0 fully saturated rings. The van der Waals surface area contributed by atoms with Crippen molar-refractivity contribution in [2.24, 2.45) is 0 Å². The molecule has 0 saturated heterocycles. The van der Waals surface area contributed by atoms with Gasteiger partial charge in [0.1, 0.15) is 12.4 Å². The third-order valence-corrected chi connectivity index (χ3v) is 3.54. The van der Waals surface area contributed by atoms with Crippen LogP contribution in [-0.2, 0) is 13.0 Å². The molecule has 3 heteroatoms. The summed E-state index contributed by atoms with van der Waals surface area (Å²) in [6.45, 7) is 0.539. The lowest BCUT2D eigenvalue weighted by atomic mass is 10.1. The van der Waals surface area contributed by atoms with E-state index in [1.165, 1.54) is 0 Å². The topological polar surface area (TPSA) is 33.0 Å². The van der Waals surface area contributed by atoms with E-state index in [9.17, 15) is 0 Å². The number of nitrogens with zero attached hydrogens (tertiary/aromatic N) is 1. The summed E-state index contributed by atoms with van der Waals surface area (Å²) in [6.07, 6.45) is 1.19. The summed E-state index contributed by atoms with van der Waals surface area (Å²) >= 11 is 3.51. The smallest absolute Gasteiger partial charge is 0.124 e.